The normalized spacial score (nSPS) is 11.2. The van der Waals surface area contributed by atoms with Gasteiger partial charge in [-0.25, -0.2) is 4.99 Å². The lowest BCUT2D eigenvalue weighted by Gasteiger charge is -2.07. The van der Waals surface area contributed by atoms with Crippen LogP contribution in [0.1, 0.15) is 6.92 Å². The first-order valence-electron chi connectivity index (χ1n) is 7.68. The van der Waals surface area contributed by atoms with Crippen LogP contribution in [0.4, 0.5) is 5.69 Å². The van der Waals surface area contributed by atoms with E-state index < -0.39 is 0 Å². The second-order valence-corrected chi connectivity index (χ2v) is 5.86. The van der Waals surface area contributed by atoms with Crippen molar-refractivity contribution in [2.45, 2.75) is 6.92 Å². The first kappa shape index (κ1) is 18.0. The molecule has 2 N–H and O–H groups in total. The highest BCUT2D eigenvalue weighted by Crippen LogP contribution is 2.20. The van der Waals surface area contributed by atoms with E-state index in [0.717, 1.165) is 28.7 Å². The molecule has 128 valence electrons. The fourth-order valence-corrected chi connectivity index (χ4v) is 2.47. The number of thioether (sulfide) groups is 1. The van der Waals surface area contributed by atoms with Crippen molar-refractivity contribution in [2.75, 3.05) is 26.1 Å². The largest absolute Gasteiger partial charge is 0.497 e. The molecule has 2 rings (SSSR count). The molecule has 0 aliphatic heterocycles. The number of methoxy groups -OCH3 is 1. The first-order chi connectivity index (χ1) is 11.7. The van der Waals surface area contributed by atoms with Crippen LogP contribution in [-0.4, -0.2) is 31.2 Å². The molecule has 0 saturated heterocycles. The Morgan fingerprint density at radius 2 is 1.54 bits per heavy atom. The number of nitrogens with two attached hydrogens (primary N) is 1. The lowest BCUT2D eigenvalue weighted by molar-refractivity contribution is 0.340. The lowest BCUT2D eigenvalue weighted by Crippen LogP contribution is -2.10. The van der Waals surface area contributed by atoms with Gasteiger partial charge in [0.25, 0.3) is 0 Å². The maximum absolute atomic E-state index is 5.93. The maximum atomic E-state index is 5.93. The van der Waals surface area contributed by atoms with E-state index in [1.54, 1.807) is 7.11 Å². The zero-order valence-corrected chi connectivity index (χ0v) is 14.7. The van der Waals surface area contributed by atoms with E-state index in [2.05, 4.69) is 4.99 Å². The van der Waals surface area contributed by atoms with Gasteiger partial charge in [0, 0.05) is 5.75 Å². The van der Waals surface area contributed by atoms with Crippen molar-refractivity contribution in [3.63, 3.8) is 0 Å². The van der Waals surface area contributed by atoms with Crippen molar-refractivity contribution < 1.29 is 14.2 Å². The predicted octanol–water partition coefficient (Wildman–Crippen LogP) is 3.85. The summed E-state index contributed by atoms with van der Waals surface area (Å²) in [4.78, 5) is 4.36. The molecule has 6 heteroatoms. The number of hydrogen-bond acceptors (Lipinski definition) is 5. The maximum Gasteiger partial charge on any atom is 0.159 e. The van der Waals surface area contributed by atoms with Crippen LogP contribution < -0.4 is 19.9 Å². The zero-order valence-electron chi connectivity index (χ0n) is 13.9. The highest BCUT2D eigenvalue weighted by Gasteiger charge is 1.99. The van der Waals surface area contributed by atoms with Gasteiger partial charge in [-0.3, -0.25) is 0 Å². The van der Waals surface area contributed by atoms with Gasteiger partial charge in [0.15, 0.2) is 5.17 Å². The van der Waals surface area contributed by atoms with Crippen LogP contribution in [0.15, 0.2) is 53.5 Å². The molecule has 5 nitrogen and oxygen atoms in total. The summed E-state index contributed by atoms with van der Waals surface area (Å²) in [5.41, 5.74) is 6.73. The van der Waals surface area contributed by atoms with E-state index in [0.29, 0.717) is 18.4 Å². The molecular formula is C18H22N2O3S. The number of ether oxygens (including phenoxy) is 3. The fraction of sp³-hybridized carbons (Fsp3) is 0.278. The van der Waals surface area contributed by atoms with Gasteiger partial charge in [-0.2, -0.15) is 0 Å². The van der Waals surface area contributed by atoms with Gasteiger partial charge in [0.1, 0.15) is 17.2 Å². The Labute approximate surface area is 146 Å². The Balaban J connectivity index is 1.74. The second-order valence-electron chi connectivity index (χ2n) is 4.75. The average molecular weight is 346 g/mol. The number of amidine groups is 1. The molecule has 0 aliphatic carbocycles. The zero-order chi connectivity index (χ0) is 17.2. The van der Waals surface area contributed by atoms with Crippen LogP contribution in [0.3, 0.4) is 0 Å². The Morgan fingerprint density at radius 1 is 0.958 bits per heavy atom. The topological polar surface area (TPSA) is 66.1 Å². The molecule has 2 aromatic rings. The smallest absolute Gasteiger partial charge is 0.159 e. The molecule has 2 aromatic carbocycles. The minimum absolute atomic E-state index is 0.512. The summed E-state index contributed by atoms with van der Waals surface area (Å²) in [6.07, 6.45) is 0. The molecule has 0 spiro atoms. The molecule has 0 aliphatic rings. The van der Waals surface area contributed by atoms with Gasteiger partial charge in [0.05, 0.1) is 26.0 Å². The summed E-state index contributed by atoms with van der Waals surface area (Å²) in [7, 11) is 1.64. The standard InChI is InChI=1S/C18H22N2O3S/c1-3-22-16-6-4-14(5-7-16)20-18(19)24-13-12-23-17-10-8-15(21-2)9-11-17/h4-11H,3,12-13H2,1-2H3,(H2,19,20). The highest BCUT2D eigenvalue weighted by atomic mass is 32.2. The summed E-state index contributed by atoms with van der Waals surface area (Å²) in [6.45, 7) is 3.15. The van der Waals surface area contributed by atoms with Crippen LogP contribution in [-0.2, 0) is 0 Å². The molecular weight excluding hydrogens is 324 g/mol. The number of benzene rings is 2. The van der Waals surface area contributed by atoms with Crippen molar-refractivity contribution in [2.24, 2.45) is 10.7 Å². The molecule has 0 bridgehead atoms. The Hall–Kier alpha value is -2.34. The van der Waals surface area contributed by atoms with E-state index >= 15 is 0 Å². The second kappa shape index (κ2) is 9.72. The third-order valence-electron chi connectivity index (χ3n) is 3.05. The number of hydrogen-bond donors (Lipinski definition) is 1. The Morgan fingerprint density at radius 3 is 2.17 bits per heavy atom. The monoisotopic (exact) mass is 346 g/mol. The van der Waals surface area contributed by atoms with Crippen molar-refractivity contribution in [1.29, 1.82) is 0 Å². The third kappa shape index (κ3) is 6.04. The van der Waals surface area contributed by atoms with Gasteiger partial charge in [-0.1, -0.05) is 11.8 Å². The Kier molecular flexibility index (Phi) is 7.29. The van der Waals surface area contributed by atoms with E-state index in [1.165, 1.54) is 11.8 Å². The number of nitrogens with zero attached hydrogens (tertiary/aromatic N) is 1. The molecule has 0 saturated carbocycles. The van der Waals surface area contributed by atoms with Crippen molar-refractivity contribution in [3.05, 3.63) is 48.5 Å². The quantitative estimate of drug-likeness (QED) is 0.447. The predicted molar refractivity (Wildman–Crippen MR) is 99.8 cm³/mol. The minimum Gasteiger partial charge on any atom is -0.497 e. The third-order valence-corrected chi connectivity index (χ3v) is 3.81. The summed E-state index contributed by atoms with van der Waals surface area (Å²) in [5.74, 6) is 3.16. The van der Waals surface area contributed by atoms with E-state index in [-0.39, 0.29) is 0 Å². The minimum atomic E-state index is 0.512. The van der Waals surface area contributed by atoms with Crippen molar-refractivity contribution >= 4 is 22.6 Å². The molecule has 0 fully saturated rings. The van der Waals surface area contributed by atoms with E-state index in [1.807, 2.05) is 55.5 Å². The molecule has 0 heterocycles. The van der Waals surface area contributed by atoms with Gasteiger partial charge in [0.2, 0.25) is 0 Å². The SMILES string of the molecule is CCOc1ccc(N=C(N)SCCOc2ccc(OC)cc2)cc1. The van der Waals surface area contributed by atoms with Crippen LogP contribution in [0.5, 0.6) is 17.2 Å². The summed E-state index contributed by atoms with van der Waals surface area (Å²) >= 11 is 1.46. The van der Waals surface area contributed by atoms with E-state index in [4.69, 9.17) is 19.9 Å². The van der Waals surface area contributed by atoms with Crippen LogP contribution in [0, 0.1) is 0 Å². The molecule has 0 aromatic heterocycles. The van der Waals surface area contributed by atoms with Gasteiger partial charge < -0.3 is 19.9 Å². The lowest BCUT2D eigenvalue weighted by atomic mass is 10.3. The first-order valence-corrected chi connectivity index (χ1v) is 8.66. The summed E-state index contributed by atoms with van der Waals surface area (Å²) in [5, 5.41) is 0.512. The molecule has 0 unspecified atom stereocenters. The molecule has 24 heavy (non-hydrogen) atoms. The van der Waals surface area contributed by atoms with Gasteiger partial charge >= 0.3 is 0 Å². The van der Waals surface area contributed by atoms with E-state index in [9.17, 15) is 0 Å². The number of rotatable bonds is 8. The molecule has 0 radical (unpaired) electrons. The summed E-state index contributed by atoms with van der Waals surface area (Å²) < 4.78 is 16.1. The highest BCUT2D eigenvalue weighted by molar-refractivity contribution is 8.13. The van der Waals surface area contributed by atoms with Crippen molar-refractivity contribution in [3.8, 4) is 17.2 Å². The fourth-order valence-electron chi connectivity index (χ4n) is 1.92. The summed E-state index contributed by atoms with van der Waals surface area (Å²) in [6, 6.07) is 15.0. The molecule has 0 amide bonds. The van der Waals surface area contributed by atoms with Crippen LogP contribution in [0.25, 0.3) is 0 Å². The van der Waals surface area contributed by atoms with Gasteiger partial charge in [-0.05, 0) is 55.5 Å². The number of aliphatic imine (C=N–C) groups is 1. The van der Waals surface area contributed by atoms with Gasteiger partial charge in [-0.15, -0.1) is 0 Å². The average Bonchev–Trinajstić information content (AvgIpc) is 2.61. The van der Waals surface area contributed by atoms with Crippen LogP contribution in [0.2, 0.25) is 0 Å². The Bertz CT molecular complexity index is 642. The van der Waals surface area contributed by atoms with Crippen LogP contribution >= 0.6 is 11.8 Å². The molecule has 0 atom stereocenters. The van der Waals surface area contributed by atoms with Crippen molar-refractivity contribution in [1.82, 2.24) is 0 Å².